The lowest BCUT2D eigenvalue weighted by atomic mass is 10.0. The molecule has 1 heterocycles. The Morgan fingerprint density at radius 2 is 2.06 bits per heavy atom. The molecular weight excluding hydrogens is 226 g/mol. The minimum Gasteiger partial charge on any atom is -0.441 e. The molecule has 0 bridgehead atoms. The van der Waals surface area contributed by atoms with Crippen LogP contribution in [0.3, 0.4) is 0 Å². The molecule has 0 aliphatic heterocycles. The Labute approximate surface area is 97.8 Å². The number of nitrogen functional groups attached to an aromatic ring is 1. The summed E-state index contributed by atoms with van der Waals surface area (Å²) in [6.45, 7) is 1.91. The summed E-state index contributed by atoms with van der Waals surface area (Å²) < 4.78 is 5.05. The van der Waals surface area contributed by atoms with Gasteiger partial charge in [-0.25, -0.2) is 0 Å². The summed E-state index contributed by atoms with van der Waals surface area (Å²) in [7, 11) is 0. The largest absolute Gasteiger partial charge is 0.441 e. The van der Waals surface area contributed by atoms with Gasteiger partial charge in [-0.1, -0.05) is 6.07 Å². The number of anilines is 1. The molecule has 0 spiro atoms. The van der Waals surface area contributed by atoms with E-state index in [-0.39, 0.29) is 16.8 Å². The van der Waals surface area contributed by atoms with Crippen molar-refractivity contribution in [2.75, 3.05) is 5.73 Å². The van der Waals surface area contributed by atoms with Gasteiger partial charge in [0.25, 0.3) is 0 Å². The number of ketones is 1. The summed E-state index contributed by atoms with van der Waals surface area (Å²) in [6.07, 6.45) is 0. The van der Waals surface area contributed by atoms with E-state index in [2.05, 4.69) is 0 Å². The van der Waals surface area contributed by atoms with Crippen molar-refractivity contribution in [1.29, 1.82) is 0 Å². The standard InChI is InChI=1S/C12H10ClNO2/c1-7-2-3-8(9(14)6-7)12(15)10-4-5-11(13)16-10/h2-6H,14H2,1H3. The van der Waals surface area contributed by atoms with E-state index in [0.717, 1.165) is 5.56 Å². The highest BCUT2D eigenvalue weighted by Gasteiger charge is 2.15. The number of hydrogen-bond donors (Lipinski definition) is 1. The molecule has 3 nitrogen and oxygen atoms in total. The highest BCUT2D eigenvalue weighted by atomic mass is 35.5. The van der Waals surface area contributed by atoms with Gasteiger partial charge in [-0.3, -0.25) is 4.79 Å². The van der Waals surface area contributed by atoms with Crippen LogP contribution in [0, 0.1) is 6.92 Å². The van der Waals surface area contributed by atoms with Crippen molar-refractivity contribution in [3.05, 3.63) is 52.4 Å². The zero-order valence-electron chi connectivity index (χ0n) is 8.66. The number of rotatable bonds is 2. The van der Waals surface area contributed by atoms with Gasteiger partial charge in [0, 0.05) is 11.3 Å². The molecule has 2 aromatic rings. The van der Waals surface area contributed by atoms with E-state index in [4.69, 9.17) is 21.8 Å². The molecule has 0 aliphatic carbocycles. The summed E-state index contributed by atoms with van der Waals surface area (Å²) >= 11 is 5.61. The number of carbonyl (C=O) groups is 1. The summed E-state index contributed by atoms with van der Waals surface area (Å²) in [6, 6.07) is 8.32. The summed E-state index contributed by atoms with van der Waals surface area (Å²) in [5.41, 5.74) is 7.65. The predicted molar refractivity (Wildman–Crippen MR) is 62.7 cm³/mol. The van der Waals surface area contributed by atoms with Gasteiger partial charge >= 0.3 is 0 Å². The minimum absolute atomic E-state index is 0.189. The van der Waals surface area contributed by atoms with Crippen molar-refractivity contribution in [3.8, 4) is 0 Å². The van der Waals surface area contributed by atoms with Crippen molar-refractivity contribution in [2.45, 2.75) is 6.92 Å². The fourth-order valence-electron chi connectivity index (χ4n) is 1.46. The number of furan rings is 1. The van der Waals surface area contributed by atoms with Gasteiger partial charge < -0.3 is 10.2 Å². The van der Waals surface area contributed by atoms with Gasteiger partial charge in [0.1, 0.15) is 0 Å². The topological polar surface area (TPSA) is 56.2 Å². The van der Waals surface area contributed by atoms with Gasteiger partial charge in [-0.15, -0.1) is 0 Å². The number of halogens is 1. The second-order valence-electron chi connectivity index (χ2n) is 3.52. The van der Waals surface area contributed by atoms with Crippen molar-refractivity contribution in [3.63, 3.8) is 0 Å². The van der Waals surface area contributed by atoms with E-state index in [1.165, 1.54) is 12.1 Å². The molecule has 0 fully saturated rings. The molecule has 1 aromatic heterocycles. The molecule has 2 rings (SSSR count). The maximum absolute atomic E-state index is 12.0. The second kappa shape index (κ2) is 4.02. The Bertz CT molecular complexity index is 546. The highest BCUT2D eigenvalue weighted by Crippen LogP contribution is 2.21. The lowest BCUT2D eigenvalue weighted by Crippen LogP contribution is -2.04. The molecule has 0 saturated carbocycles. The monoisotopic (exact) mass is 235 g/mol. The van der Waals surface area contributed by atoms with E-state index >= 15 is 0 Å². The third-order valence-corrected chi connectivity index (χ3v) is 2.45. The molecule has 0 aliphatic rings. The van der Waals surface area contributed by atoms with Crippen LogP contribution < -0.4 is 5.73 Å². The molecule has 0 unspecified atom stereocenters. The van der Waals surface area contributed by atoms with Crippen LogP contribution in [0.4, 0.5) is 5.69 Å². The van der Waals surface area contributed by atoms with Crippen LogP contribution in [-0.4, -0.2) is 5.78 Å². The number of aryl methyl sites for hydroxylation is 1. The van der Waals surface area contributed by atoms with E-state index in [1.54, 1.807) is 12.1 Å². The molecule has 82 valence electrons. The predicted octanol–water partition coefficient (Wildman–Crippen LogP) is 3.05. The van der Waals surface area contributed by atoms with Gasteiger partial charge in [0.2, 0.25) is 5.78 Å². The maximum atomic E-state index is 12.0. The fourth-order valence-corrected chi connectivity index (χ4v) is 1.60. The number of benzene rings is 1. The fraction of sp³-hybridized carbons (Fsp3) is 0.0833. The smallest absolute Gasteiger partial charge is 0.230 e. The first kappa shape index (κ1) is 10.8. The number of nitrogens with two attached hydrogens (primary N) is 1. The summed E-state index contributed by atoms with van der Waals surface area (Å²) in [4.78, 5) is 12.0. The quantitative estimate of drug-likeness (QED) is 0.643. The summed E-state index contributed by atoms with van der Waals surface area (Å²) in [5, 5.41) is 0.189. The zero-order valence-corrected chi connectivity index (χ0v) is 9.41. The van der Waals surface area contributed by atoms with Crippen LogP contribution in [0.2, 0.25) is 5.22 Å². The van der Waals surface area contributed by atoms with Crippen molar-refractivity contribution < 1.29 is 9.21 Å². The number of hydrogen-bond acceptors (Lipinski definition) is 3. The van der Waals surface area contributed by atoms with Crippen molar-refractivity contribution in [1.82, 2.24) is 0 Å². The first-order valence-electron chi connectivity index (χ1n) is 4.74. The van der Waals surface area contributed by atoms with Crippen molar-refractivity contribution in [2.24, 2.45) is 0 Å². The lowest BCUT2D eigenvalue weighted by molar-refractivity contribution is 0.101. The van der Waals surface area contributed by atoms with E-state index in [0.29, 0.717) is 11.3 Å². The third-order valence-electron chi connectivity index (χ3n) is 2.25. The molecule has 4 heteroatoms. The van der Waals surface area contributed by atoms with Crippen LogP contribution in [-0.2, 0) is 0 Å². The van der Waals surface area contributed by atoms with Crippen LogP contribution in [0.5, 0.6) is 0 Å². The Morgan fingerprint density at radius 1 is 1.31 bits per heavy atom. The molecular formula is C12H10ClNO2. The first-order chi connectivity index (χ1) is 7.58. The molecule has 0 saturated heterocycles. The molecule has 0 radical (unpaired) electrons. The van der Waals surface area contributed by atoms with Gasteiger partial charge in [-0.05, 0) is 48.4 Å². The first-order valence-corrected chi connectivity index (χ1v) is 5.12. The van der Waals surface area contributed by atoms with Gasteiger partial charge in [-0.2, -0.15) is 0 Å². The molecule has 16 heavy (non-hydrogen) atoms. The van der Waals surface area contributed by atoms with Gasteiger partial charge in [0.15, 0.2) is 11.0 Å². The highest BCUT2D eigenvalue weighted by molar-refractivity contribution is 6.29. The minimum atomic E-state index is -0.260. The van der Waals surface area contributed by atoms with E-state index < -0.39 is 0 Å². The van der Waals surface area contributed by atoms with E-state index in [9.17, 15) is 4.79 Å². The van der Waals surface area contributed by atoms with Crippen LogP contribution >= 0.6 is 11.6 Å². The average Bonchev–Trinajstić information content (AvgIpc) is 2.64. The Hall–Kier alpha value is -1.74. The van der Waals surface area contributed by atoms with E-state index in [1.807, 2.05) is 13.0 Å². The SMILES string of the molecule is Cc1ccc(C(=O)c2ccc(Cl)o2)c(N)c1. The second-order valence-corrected chi connectivity index (χ2v) is 3.90. The van der Waals surface area contributed by atoms with Crippen LogP contribution in [0.25, 0.3) is 0 Å². The van der Waals surface area contributed by atoms with Crippen molar-refractivity contribution >= 4 is 23.1 Å². The Balaban J connectivity index is 2.41. The Morgan fingerprint density at radius 3 is 2.62 bits per heavy atom. The average molecular weight is 236 g/mol. The normalized spacial score (nSPS) is 10.4. The van der Waals surface area contributed by atoms with Crippen LogP contribution in [0.15, 0.2) is 34.7 Å². The molecule has 0 atom stereocenters. The van der Waals surface area contributed by atoms with Crippen LogP contribution in [0.1, 0.15) is 21.7 Å². The van der Waals surface area contributed by atoms with Gasteiger partial charge in [0.05, 0.1) is 0 Å². The zero-order chi connectivity index (χ0) is 11.7. The Kier molecular flexibility index (Phi) is 2.71. The summed E-state index contributed by atoms with van der Waals surface area (Å²) in [5.74, 6) is -0.0649. The number of carbonyl (C=O) groups excluding carboxylic acids is 1. The molecule has 2 N–H and O–H groups in total. The lowest BCUT2D eigenvalue weighted by Gasteiger charge is -2.03. The molecule has 0 amide bonds. The molecule has 1 aromatic carbocycles. The maximum Gasteiger partial charge on any atom is 0.230 e. The third kappa shape index (κ3) is 1.95.